The first-order chi connectivity index (χ1) is 15.1. The number of pyridine rings is 1. The summed E-state index contributed by atoms with van der Waals surface area (Å²) in [5.74, 6) is 0.953. The molecule has 0 saturated carbocycles. The van der Waals surface area contributed by atoms with Crippen LogP contribution in [-0.2, 0) is 9.59 Å². The summed E-state index contributed by atoms with van der Waals surface area (Å²) in [7, 11) is 0. The smallest absolute Gasteiger partial charge is 0.274 e. The summed E-state index contributed by atoms with van der Waals surface area (Å²) in [6, 6.07) is 13.1. The van der Waals surface area contributed by atoms with Crippen LogP contribution in [0, 0.1) is 0 Å². The largest absolute Gasteiger partial charge is 0.472 e. The Kier molecular flexibility index (Phi) is 8.41. The molecular weight excluding hydrogens is 392 g/mol. The summed E-state index contributed by atoms with van der Waals surface area (Å²) in [4.78, 5) is 33.7. The number of ether oxygens (including phenoxy) is 1. The van der Waals surface area contributed by atoms with E-state index < -0.39 is 6.10 Å². The van der Waals surface area contributed by atoms with Crippen LogP contribution in [0.25, 0.3) is 0 Å². The molecule has 3 rings (SSSR count). The zero-order valence-corrected chi connectivity index (χ0v) is 18.4. The van der Waals surface area contributed by atoms with Crippen molar-refractivity contribution in [2.45, 2.75) is 39.2 Å². The van der Waals surface area contributed by atoms with Gasteiger partial charge in [0.05, 0.1) is 0 Å². The first-order valence-corrected chi connectivity index (χ1v) is 11.1. The summed E-state index contributed by atoms with van der Waals surface area (Å²) in [5.41, 5.74) is 0.804. The van der Waals surface area contributed by atoms with Crippen LogP contribution in [0.2, 0.25) is 0 Å². The molecule has 2 amide bonds. The number of benzene rings is 1. The highest BCUT2D eigenvalue weighted by atomic mass is 16.5. The molecule has 2 heterocycles. The third kappa shape index (κ3) is 6.04. The average molecular weight is 425 g/mol. The Labute approximate surface area is 184 Å². The number of amides is 2. The first-order valence-electron chi connectivity index (χ1n) is 11.1. The van der Waals surface area contributed by atoms with E-state index in [1.807, 2.05) is 36.4 Å². The highest BCUT2D eigenvalue weighted by Gasteiger charge is 2.36. The van der Waals surface area contributed by atoms with Gasteiger partial charge in [0, 0.05) is 31.3 Å². The van der Waals surface area contributed by atoms with E-state index >= 15 is 0 Å². The standard InChI is InChI=1S/C24H32N4O3/c1-3-27(4-2)17-10-16-25-21(29)14-9-18-28-23-20(13-8-15-26-23)31-22(24(28)30)19-11-6-5-7-12-19/h5-8,11-13,15,22H,3-4,9-10,14,16-18H2,1-2H3,(H,25,29). The Morgan fingerprint density at radius 2 is 1.90 bits per heavy atom. The molecule has 166 valence electrons. The van der Waals surface area contributed by atoms with Crippen molar-refractivity contribution in [3.8, 4) is 5.75 Å². The average Bonchev–Trinajstić information content (AvgIpc) is 2.81. The van der Waals surface area contributed by atoms with Crippen LogP contribution in [-0.4, -0.2) is 54.4 Å². The van der Waals surface area contributed by atoms with Crippen molar-refractivity contribution in [2.24, 2.45) is 0 Å². The maximum absolute atomic E-state index is 13.2. The lowest BCUT2D eigenvalue weighted by Crippen LogP contribution is -2.42. The van der Waals surface area contributed by atoms with Crippen molar-refractivity contribution in [1.29, 1.82) is 0 Å². The van der Waals surface area contributed by atoms with Crippen LogP contribution >= 0.6 is 0 Å². The molecule has 0 bridgehead atoms. The minimum absolute atomic E-state index is 0.0149. The molecule has 0 radical (unpaired) electrons. The topological polar surface area (TPSA) is 74.8 Å². The third-order valence-electron chi connectivity index (χ3n) is 5.50. The maximum Gasteiger partial charge on any atom is 0.274 e. The third-order valence-corrected chi connectivity index (χ3v) is 5.50. The molecule has 7 heteroatoms. The maximum atomic E-state index is 13.2. The van der Waals surface area contributed by atoms with Crippen LogP contribution < -0.4 is 15.0 Å². The van der Waals surface area contributed by atoms with Gasteiger partial charge in [0.2, 0.25) is 12.0 Å². The molecule has 1 N–H and O–H groups in total. The Bertz CT molecular complexity index is 855. The van der Waals surface area contributed by atoms with Gasteiger partial charge in [-0.25, -0.2) is 4.98 Å². The van der Waals surface area contributed by atoms with Crippen LogP contribution in [0.1, 0.15) is 44.8 Å². The van der Waals surface area contributed by atoms with Gasteiger partial charge in [-0.15, -0.1) is 0 Å². The van der Waals surface area contributed by atoms with Gasteiger partial charge in [-0.05, 0) is 44.6 Å². The zero-order chi connectivity index (χ0) is 22.1. The lowest BCUT2D eigenvalue weighted by molar-refractivity contribution is -0.127. The van der Waals surface area contributed by atoms with E-state index in [0.29, 0.717) is 37.5 Å². The molecular formula is C24H32N4O3. The van der Waals surface area contributed by atoms with Crippen molar-refractivity contribution in [2.75, 3.05) is 37.6 Å². The zero-order valence-electron chi connectivity index (χ0n) is 18.4. The summed E-state index contributed by atoms with van der Waals surface area (Å²) >= 11 is 0. The Morgan fingerprint density at radius 1 is 1.13 bits per heavy atom. The first kappa shape index (κ1) is 22.7. The molecule has 2 aromatic rings. The number of rotatable bonds is 11. The second kappa shape index (κ2) is 11.5. The molecule has 0 aliphatic carbocycles. The SMILES string of the molecule is CCN(CC)CCCNC(=O)CCCN1C(=O)C(c2ccccc2)Oc2cccnc21. The Morgan fingerprint density at radius 3 is 2.65 bits per heavy atom. The molecule has 1 aliphatic heterocycles. The van der Waals surface area contributed by atoms with E-state index in [4.69, 9.17) is 4.74 Å². The van der Waals surface area contributed by atoms with E-state index in [1.54, 1.807) is 17.2 Å². The van der Waals surface area contributed by atoms with E-state index in [0.717, 1.165) is 31.6 Å². The molecule has 0 saturated heterocycles. The molecule has 1 aromatic heterocycles. The molecule has 7 nitrogen and oxygen atoms in total. The predicted molar refractivity (Wildman–Crippen MR) is 121 cm³/mol. The van der Waals surface area contributed by atoms with Crippen LogP contribution in [0.5, 0.6) is 5.75 Å². The van der Waals surface area contributed by atoms with Gasteiger partial charge in [0.1, 0.15) is 0 Å². The predicted octanol–water partition coefficient (Wildman–Crippen LogP) is 3.18. The van der Waals surface area contributed by atoms with Crippen molar-refractivity contribution >= 4 is 17.6 Å². The van der Waals surface area contributed by atoms with Gasteiger partial charge >= 0.3 is 0 Å². The van der Waals surface area contributed by atoms with E-state index in [9.17, 15) is 9.59 Å². The number of anilines is 1. The van der Waals surface area contributed by atoms with Crippen molar-refractivity contribution in [1.82, 2.24) is 15.2 Å². The summed E-state index contributed by atoms with van der Waals surface area (Å²) in [6.07, 6.45) is 2.81. The van der Waals surface area contributed by atoms with Crippen molar-refractivity contribution in [3.63, 3.8) is 0 Å². The number of nitrogens with one attached hydrogen (secondary N) is 1. The van der Waals surface area contributed by atoms with E-state index in [1.165, 1.54) is 0 Å². The van der Waals surface area contributed by atoms with Crippen molar-refractivity contribution < 1.29 is 14.3 Å². The fourth-order valence-corrected chi connectivity index (χ4v) is 3.71. The highest BCUT2D eigenvalue weighted by molar-refractivity contribution is 5.99. The Balaban J connectivity index is 1.54. The van der Waals surface area contributed by atoms with Crippen molar-refractivity contribution in [3.05, 3.63) is 54.2 Å². The number of hydrogen-bond donors (Lipinski definition) is 1. The molecule has 1 unspecified atom stereocenters. The van der Waals surface area contributed by atoms with E-state index in [2.05, 4.69) is 29.0 Å². The number of aromatic nitrogens is 1. The molecule has 1 aliphatic rings. The number of fused-ring (bicyclic) bond motifs is 1. The number of nitrogens with zero attached hydrogens (tertiary/aromatic N) is 3. The minimum Gasteiger partial charge on any atom is -0.472 e. The molecule has 31 heavy (non-hydrogen) atoms. The fraction of sp³-hybridized carbons (Fsp3) is 0.458. The molecule has 1 aromatic carbocycles. The van der Waals surface area contributed by atoms with Crippen LogP contribution in [0.15, 0.2) is 48.7 Å². The second-order valence-corrected chi connectivity index (χ2v) is 7.56. The summed E-state index contributed by atoms with van der Waals surface area (Å²) in [6.45, 7) is 8.41. The Hall–Kier alpha value is -2.93. The fourth-order valence-electron chi connectivity index (χ4n) is 3.71. The number of hydrogen-bond acceptors (Lipinski definition) is 5. The van der Waals surface area contributed by atoms with Gasteiger partial charge in [0.25, 0.3) is 5.91 Å². The quantitative estimate of drug-likeness (QED) is 0.561. The second-order valence-electron chi connectivity index (χ2n) is 7.56. The van der Waals surface area contributed by atoms with E-state index in [-0.39, 0.29) is 11.8 Å². The van der Waals surface area contributed by atoms with Crippen LogP contribution in [0.4, 0.5) is 5.82 Å². The minimum atomic E-state index is -0.702. The van der Waals surface area contributed by atoms with Gasteiger partial charge in [-0.3, -0.25) is 14.5 Å². The van der Waals surface area contributed by atoms with Gasteiger partial charge in [-0.2, -0.15) is 0 Å². The molecule has 0 spiro atoms. The van der Waals surface area contributed by atoms with Gasteiger partial charge < -0.3 is 15.0 Å². The lowest BCUT2D eigenvalue weighted by Gasteiger charge is -2.33. The highest BCUT2D eigenvalue weighted by Crippen LogP contribution is 2.37. The molecule has 1 atom stereocenters. The van der Waals surface area contributed by atoms with Gasteiger partial charge in [-0.1, -0.05) is 44.2 Å². The van der Waals surface area contributed by atoms with Gasteiger partial charge in [0.15, 0.2) is 11.6 Å². The number of carbonyl (C=O) groups excluding carboxylic acids is 2. The van der Waals surface area contributed by atoms with Crippen LogP contribution in [0.3, 0.4) is 0 Å². The summed E-state index contributed by atoms with van der Waals surface area (Å²) < 4.78 is 5.95. The molecule has 0 fully saturated rings. The number of carbonyl (C=O) groups is 2. The monoisotopic (exact) mass is 424 g/mol. The lowest BCUT2D eigenvalue weighted by atomic mass is 10.1. The normalized spacial score (nSPS) is 15.5. The summed E-state index contributed by atoms with van der Waals surface area (Å²) in [5, 5.41) is 2.98.